The second kappa shape index (κ2) is 14.9. The van der Waals surface area contributed by atoms with Gasteiger partial charge in [0.15, 0.2) is 0 Å². The van der Waals surface area contributed by atoms with Crippen molar-refractivity contribution < 1.29 is 0 Å². The summed E-state index contributed by atoms with van der Waals surface area (Å²) in [5.74, 6) is 0. The minimum Gasteiger partial charge on any atom is -0.309 e. The molecule has 0 radical (unpaired) electrons. The van der Waals surface area contributed by atoms with Crippen molar-refractivity contribution in [2.24, 2.45) is 0 Å². The molecule has 0 saturated carbocycles. The highest BCUT2D eigenvalue weighted by Gasteiger charge is 2.18. The Bertz CT molecular complexity index is 3150. The Kier molecular flexibility index (Phi) is 9.46. The third-order valence-corrected chi connectivity index (χ3v) is 11.9. The summed E-state index contributed by atoms with van der Waals surface area (Å²) in [4.78, 5) is 19.9. The lowest BCUT2D eigenvalue weighted by Crippen LogP contribution is -1.93. The van der Waals surface area contributed by atoms with Crippen molar-refractivity contribution >= 4 is 108 Å². The maximum absolute atomic E-state index is 6.38. The van der Waals surface area contributed by atoms with E-state index in [9.17, 15) is 0 Å². The van der Waals surface area contributed by atoms with Gasteiger partial charge >= 0.3 is 0 Å². The molecule has 0 atom stereocenters. The van der Waals surface area contributed by atoms with Gasteiger partial charge in [-0.2, -0.15) is 0 Å². The van der Waals surface area contributed by atoms with Gasteiger partial charge in [0.1, 0.15) is 9.66 Å². The van der Waals surface area contributed by atoms with Crippen molar-refractivity contribution in [1.82, 2.24) is 24.5 Å². The zero-order chi connectivity index (χ0) is 37.5. The van der Waals surface area contributed by atoms with Gasteiger partial charge in [-0.3, -0.25) is 0 Å². The predicted octanol–water partition coefficient (Wildman–Crippen LogP) is 14.5. The van der Waals surface area contributed by atoms with Crippen molar-refractivity contribution in [3.05, 3.63) is 162 Å². The van der Waals surface area contributed by atoms with Gasteiger partial charge in [0.2, 0.25) is 10.6 Å². The topological polar surface area (TPSA) is 56.5 Å². The number of hydrogen-bond acceptors (Lipinski definition) is 6. The van der Waals surface area contributed by atoms with E-state index >= 15 is 0 Å². The van der Waals surface area contributed by atoms with E-state index in [0.717, 1.165) is 59.5 Å². The molecule has 0 aliphatic heterocycles. The summed E-state index contributed by atoms with van der Waals surface area (Å²) in [5.41, 5.74) is 7.37. The Balaban J connectivity index is 0.000000154. The number of nitrogens with zero attached hydrogens (tertiary/aromatic N) is 5. The van der Waals surface area contributed by atoms with Crippen LogP contribution in [0.4, 0.5) is 0 Å². The molecule has 0 aliphatic rings. The first-order valence-corrected chi connectivity index (χ1v) is 20.3. The lowest BCUT2D eigenvalue weighted by atomic mass is 10.0. The number of rotatable bonds is 3. The highest BCUT2D eigenvalue weighted by atomic mass is 35.5. The molecule has 11 rings (SSSR count). The highest BCUT2D eigenvalue weighted by molar-refractivity contribution is 7.26. The Morgan fingerprint density at radius 1 is 0.436 bits per heavy atom. The van der Waals surface area contributed by atoms with Crippen LogP contribution in [0.25, 0.3) is 90.6 Å². The summed E-state index contributed by atoms with van der Waals surface area (Å²) < 4.78 is 4.71. The molecule has 5 heterocycles. The second-order valence-electron chi connectivity index (χ2n) is 12.5. The van der Waals surface area contributed by atoms with E-state index < -0.39 is 0 Å². The minimum atomic E-state index is 0.274. The Morgan fingerprint density at radius 2 is 0.909 bits per heavy atom. The Hall–Kier alpha value is -5.70. The van der Waals surface area contributed by atoms with E-state index in [2.05, 4.69) is 123 Å². The molecule has 5 nitrogen and oxygen atoms in total. The molecular weight excluding hydrogens is 758 g/mol. The van der Waals surface area contributed by atoms with Crippen LogP contribution in [-0.4, -0.2) is 24.5 Å². The SMILES string of the molecule is CC.Clc1nc(-c2ccc3c(c2)c2ccccc2n3-c2ccccc2)c2c(n1)sc1ccccc12.Clc1nc(-c2ccccc2)c2c(n1)sc1ccccc12. The summed E-state index contributed by atoms with van der Waals surface area (Å²) in [7, 11) is 0. The molecule has 0 N–H and O–H groups in total. The summed E-state index contributed by atoms with van der Waals surface area (Å²) in [6, 6.07) is 52.3. The van der Waals surface area contributed by atoms with E-state index in [4.69, 9.17) is 28.2 Å². The van der Waals surface area contributed by atoms with Crippen LogP contribution in [0.15, 0.2) is 152 Å². The van der Waals surface area contributed by atoms with Crippen LogP contribution in [0, 0.1) is 0 Å². The van der Waals surface area contributed by atoms with Gasteiger partial charge in [-0.05, 0) is 65.7 Å². The van der Waals surface area contributed by atoms with Gasteiger partial charge in [0, 0.05) is 58.5 Å². The number of halogens is 2. The van der Waals surface area contributed by atoms with Crippen molar-refractivity contribution in [1.29, 1.82) is 0 Å². The van der Waals surface area contributed by atoms with Crippen LogP contribution in [0.2, 0.25) is 10.6 Å². The van der Waals surface area contributed by atoms with Crippen LogP contribution in [0.5, 0.6) is 0 Å². The summed E-state index contributed by atoms with van der Waals surface area (Å²) in [5, 5.41) is 7.46. The van der Waals surface area contributed by atoms with E-state index in [1.165, 1.54) is 31.1 Å². The second-order valence-corrected chi connectivity index (χ2v) is 15.3. The first-order valence-electron chi connectivity index (χ1n) is 17.9. The van der Waals surface area contributed by atoms with Crippen molar-refractivity contribution in [3.8, 4) is 28.2 Å². The smallest absolute Gasteiger partial charge is 0.224 e. The van der Waals surface area contributed by atoms with Crippen LogP contribution >= 0.6 is 45.9 Å². The third-order valence-electron chi connectivity index (χ3n) is 9.43. The zero-order valence-electron chi connectivity index (χ0n) is 29.7. The monoisotopic (exact) mass is 787 g/mol. The number of thiophene rings is 2. The van der Waals surface area contributed by atoms with Gasteiger partial charge in [-0.1, -0.05) is 123 Å². The molecule has 9 heteroatoms. The van der Waals surface area contributed by atoms with E-state index in [-0.39, 0.29) is 5.28 Å². The normalized spacial score (nSPS) is 11.3. The summed E-state index contributed by atoms with van der Waals surface area (Å²) >= 11 is 15.8. The van der Waals surface area contributed by atoms with Gasteiger partial charge in [-0.25, -0.2) is 19.9 Å². The number of para-hydroxylation sites is 2. The molecule has 0 saturated heterocycles. The largest absolute Gasteiger partial charge is 0.309 e. The minimum absolute atomic E-state index is 0.274. The molecular formula is C46H31Cl2N5S2. The number of benzene rings is 6. The molecule has 0 spiro atoms. The predicted molar refractivity (Wildman–Crippen MR) is 236 cm³/mol. The quantitative estimate of drug-likeness (QED) is 0.167. The van der Waals surface area contributed by atoms with Crippen LogP contribution in [-0.2, 0) is 0 Å². The standard InChI is InChI=1S/C28H16ClN3S.C16H9ClN2S.C2H6/c29-28-30-26(25-20-11-5-7-13-24(20)33-27(25)31-28)17-14-15-23-21(16-17)19-10-4-6-12-22(19)32(23)18-8-2-1-3-9-18;17-16-18-14(10-6-2-1-3-7-10)13-11-8-4-5-9-12(11)20-15(13)19-16;1-2/h1-16H;1-9H;1-2H3. The average molecular weight is 789 g/mol. The molecule has 0 amide bonds. The fraction of sp³-hybridized carbons (Fsp3) is 0.0435. The molecule has 11 aromatic rings. The first-order chi connectivity index (χ1) is 27.1. The maximum atomic E-state index is 6.38. The molecule has 0 bridgehead atoms. The zero-order valence-corrected chi connectivity index (χ0v) is 32.9. The van der Waals surface area contributed by atoms with Crippen molar-refractivity contribution in [2.75, 3.05) is 0 Å². The Labute approximate surface area is 335 Å². The molecule has 0 fully saturated rings. The fourth-order valence-corrected chi connectivity index (χ4v) is 9.77. The maximum Gasteiger partial charge on any atom is 0.224 e. The third kappa shape index (κ3) is 6.29. The Morgan fingerprint density at radius 3 is 1.51 bits per heavy atom. The van der Waals surface area contributed by atoms with E-state index in [1.54, 1.807) is 22.7 Å². The number of fused-ring (bicyclic) bond motifs is 9. The van der Waals surface area contributed by atoms with Crippen LogP contribution in [0.1, 0.15) is 13.8 Å². The molecule has 0 unspecified atom stereocenters. The first kappa shape index (κ1) is 35.0. The van der Waals surface area contributed by atoms with Crippen molar-refractivity contribution in [3.63, 3.8) is 0 Å². The van der Waals surface area contributed by atoms with Gasteiger partial charge in [0.05, 0.1) is 22.4 Å². The lowest BCUT2D eigenvalue weighted by Gasteiger charge is -2.08. The van der Waals surface area contributed by atoms with E-state index in [1.807, 2.05) is 62.4 Å². The lowest BCUT2D eigenvalue weighted by molar-refractivity contribution is 1.18. The molecule has 55 heavy (non-hydrogen) atoms. The van der Waals surface area contributed by atoms with Gasteiger partial charge in [0.25, 0.3) is 0 Å². The molecule has 266 valence electrons. The van der Waals surface area contributed by atoms with Crippen molar-refractivity contribution in [2.45, 2.75) is 13.8 Å². The summed E-state index contributed by atoms with van der Waals surface area (Å²) in [6.07, 6.45) is 0. The van der Waals surface area contributed by atoms with Gasteiger partial charge < -0.3 is 4.57 Å². The number of hydrogen-bond donors (Lipinski definition) is 0. The molecule has 0 aliphatic carbocycles. The van der Waals surface area contributed by atoms with Crippen LogP contribution in [0.3, 0.4) is 0 Å². The van der Waals surface area contributed by atoms with Gasteiger partial charge in [-0.15, -0.1) is 22.7 Å². The van der Waals surface area contributed by atoms with Crippen LogP contribution < -0.4 is 0 Å². The average Bonchev–Trinajstić information content (AvgIpc) is 3.91. The molecule has 6 aromatic carbocycles. The molecule has 5 aromatic heterocycles. The fourth-order valence-electron chi connectivity index (χ4n) is 7.18. The highest BCUT2D eigenvalue weighted by Crippen LogP contribution is 2.41. The van der Waals surface area contributed by atoms with E-state index in [0.29, 0.717) is 5.28 Å². The number of aromatic nitrogens is 5. The summed E-state index contributed by atoms with van der Waals surface area (Å²) in [6.45, 7) is 4.00.